The number of benzene rings is 1. The molecule has 0 aliphatic heterocycles. The van der Waals surface area contributed by atoms with Gasteiger partial charge in [0.2, 0.25) is 9.84 Å². The van der Waals surface area contributed by atoms with E-state index in [0.717, 1.165) is 0 Å². The third-order valence-corrected chi connectivity index (χ3v) is 5.22. The summed E-state index contributed by atoms with van der Waals surface area (Å²) in [6.45, 7) is 0. The minimum atomic E-state index is -3.77. The first-order chi connectivity index (χ1) is 10.9. The van der Waals surface area contributed by atoms with Crippen LogP contribution in [0.5, 0.6) is 5.75 Å². The average molecular weight is 372 g/mol. The number of aromatic nitrogens is 3. The molecule has 2 aromatic heterocycles. The molecule has 0 atom stereocenters. The molecule has 0 amide bonds. The Labute approximate surface area is 142 Å². The van der Waals surface area contributed by atoms with Crippen LogP contribution in [0.4, 0.5) is 0 Å². The Morgan fingerprint density at radius 3 is 2.70 bits per heavy atom. The fourth-order valence-corrected chi connectivity index (χ4v) is 4.10. The van der Waals surface area contributed by atoms with E-state index in [1.165, 1.54) is 23.8 Å². The van der Waals surface area contributed by atoms with Crippen LogP contribution in [-0.2, 0) is 15.6 Å². The first-order valence-electron chi connectivity index (χ1n) is 6.47. The summed E-state index contributed by atoms with van der Waals surface area (Å²) < 4.78 is 31.9. The van der Waals surface area contributed by atoms with Crippen molar-refractivity contribution in [1.82, 2.24) is 14.6 Å². The molecule has 9 heteroatoms. The lowest BCUT2D eigenvalue weighted by molar-refractivity contribution is 0.411. The number of hydrogen-bond acceptors (Lipinski definition) is 5. The fourth-order valence-electron chi connectivity index (χ4n) is 2.21. The van der Waals surface area contributed by atoms with E-state index in [4.69, 9.17) is 27.9 Å². The van der Waals surface area contributed by atoms with Crippen LogP contribution in [0.2, 0.25) is 10.0 Å². The van der Waals surface area contributed by atoms with Crippen molar-refractivity contribution in [3.63, 3.8) is 0 Å². The van der Waals surface area contributed by atoms with E-state index in [9.17, 15) is 8.42 Å². The van der Waals surface area contributed by atoms with Gasteiger partial charge < -0.3 is 4.74 Å². The summed E-state index contributed by atoms with van der Waals surface area (Å²) in [6.07, 6.45) is 1.41. The van der Waals surface area contributed by atoms with Gasteiger partial charge in [0.25, 0.3) is 5.16 Å². The molecule has 23 heavy (non-hydrogen) atoms. The predicted octanol–water partition coefficient (Wildman–Crippen LogP) is 3.02. The molecule has 0 aliphatic carbocycles. The zero-order valence-electron chi connectivity index (χ0n) is 11.9. The largest absolute Gasteiger partial charge is 0.496 e. The maximum Gasteiger partial charge on any atom is 0.254 e. The zero-order valence-corrected chi connectivity index (χ0v) is 14.2. The van der Waals surface area contributed by atoms with Gasteiger partial charge in [0, 0.05) is 11.8 Å². The molecular formula is C14H11Cl2N3O3S. The van der Waals surface area contributed by atoms with E-state index in [1.807, 2.05) is 0 Å². The highest BCUT2D eigenvalue weighted by molar-refractivity contribution is 7.90. The van der Waals surface area contributed by atoms with Gasteiger partial charge in [-0.15, -0.1) is 10.2 Å². The van der Waals surface area contributed by atoms with Gasteiger partial charge in [-0.05, 0) is 12.1 Å². The van der Waals surface area contributed by atoms with Crippen LogP contribution in [0.25, 0.3) is 5.65 Å². The number of ether oxygens (including phenoxy) is 1. The van der Waals surface area contributed by atoms with Crippen molar-refractivity contribution in [2.45, 2.75) is 10.9 Å². The smallest absolute Gasteiger partial charge is 0.254 e. The van der Waals surface area contributed by atoms with Crippen LogP contribution in [0.15, 0.2) is 41.7 Å². The molecule has 1 aromatic carbocycles. The summed E-state index contributed by atoms with van der Waals surface area (Å²) in [7, 11) is -2.29. The number of rotatable bonds is 4. The average Bonchev–Trinajstić information content (AvgIpc) is 2.92. The van der Waals surface area contributed by atoms with Gasteiger partial charge in [-0.1, -0.05) is 41.4 Å². The summed E-state index contributed by atoms with van der Waals surface area (Å²) >= 11 is 11.9. The van der Waals surface area contributed by atoms with Crippen LogP contribution >= 0.6 is 23.2 Å². The highest BCUT2D eigenvalue weighted by Crippen LogP contribution is 2.26. The normalized spacial score (nSPS) is 11.8. The van der Waals surface area contributed by atoms with Crippen molar-refractivity contribution in [2.75, 3.05) is 7.11 Å². The lowest BCUT2D eigenvalue weighted by atomic mass is 10.2. The fraction of sp³-hybridized carbons (Fsp3) is 0.143. The second kappa shape index (κ2) is 5.99. The molecule has 0 unspecified atom stereocenters. The SMILES string of the molecule is COc1ccccc1CS(=O)(=O)c1nnc2c(Cl)cc(Cl)cn12. The highest BCUT2D eigenvalue weighted by Gasteiger charge is 2.24. The van der Waals surface area contributed by atoms with Gasteiger partial charge >= 0.3 is 0 Å². The van der Waals surface area contributed by atoms with Crippen molar-refractivity contribution in [3.8, 4) is 5.75 Å². The van der Waals surface area contributed by atoms with Crippen molar-refractivity contribution >= 4 is 38.7 Å². The van der Waals surface area contributed by atoms with Crippen LogP contribution in [0, 0.1) is 0 Å². The molecule has 0 radical (unpaired) electrons. The van der Waals surface area contributed by atoms with E-state index in [-0.39, 0.29) is 26.6 Å². The van der Waals surface area contributed by atoms with Crippen molar-refractivity contribution < 1.29 is 13.2 Å². The molecule has 0 saturated heterocycles. The third kappa shape index (κ3) is 2.99. The quantitative estimate of drug-likeness (QED) is 0.704. The van der Waals surface area contributed by atoms with Crippen LogP contribution in [0.3, 0.4) is 0 Å². The maximum atomic E-state index is 12.7. The minimum absolute atomic E-state index is 0.220. The van der Waals surface area contributed by atoms with Crippen molar-refractivity contribution in [2.24, 2.45) is 0 Å². The number of halogens is 2. The monoisotopic (exact) mass is 371 g/mol. The van der Waals surface area contributed by atoms with Gasteiger partial charge in [-0.2, -0.15) is 0 Å². The first kappa shape index (κ1) is 16.0. The first-order valence-corrected chi connectivity index (χ1v) is 8.87. The molecular weight excluding hydrogens is 361 g/mol. The summed E-state index contributed by atoms with van der Waals surface area (Å²) in [5.74, 6) is 0.211. The van der Waals surface area contributed by atoms with Gasteiger partial charge in [0.15, 0.2) is 5.65 Å². The molecule has 2 heterocycles. The molecule has 0 N–H and O–H groups in total. The Kier molecular flexibility index (Phi) is 4.18. The van der Waals surface area contributed by atoms with Crippen LogP contribution < -0.4 is 4.74 Å². The molecule has 3 rings (SSSR count). The van der Waals surface area contributed by atoms with Crippen LogP contribution in [0.1, 0.15) is 5.56 Å². The minimum Gasteiger partial charge on any atom is -0.496 e. The molecule has 3 aromatic rings. The summed E-state index contributed by atoms with van der Waals surface area (Å²) in [6, 6.07) is 8.35. The Hall–Kier alpha value is -1.83. The molecule has 120 valence electrons. The Morgan fingerprint density at radius 1 is 1.22 bits per heavy atom. The molecule has 0 bridgehead atoms. The lowest BCUT2D eigenvalue weighted by Gasteiger charge is -2.08. The number of pyridine rings is 1. The maximum absolute atomic E-state index is 12.7. The second-order valence-electron chi connectivity index (χ2n) is 4.75. The van der Waals surface area contributed by atoms with E-state index in [0.29, 0.717) is 11.3 Å². The molecule has 0 spiro atoms. The predicted molar refractivity (Wildman–Crippen MR) is 86.9 cm³/mol. The molecule has 0 aliphatic rings. The van der Waals surface area contributed by atoms with Crippen molar-refractivity contribution in [1.29, 1.82) is 0 Å². The standard InChI is InChI=1S/C14H11Cl2N3O3S/c1-22-12-5-3-2-4-9(12)8-23(20,21)14-18-17-13-11(16)6-10(15)7-19(13)14/h2-7H,8H2,1H3. The number of methoxy groups -OCH3 is 1. The second-order valence-corrected chi connectivity index (χ2v) is 7.48. The number of para-hydroxylation sites is 1. The zero-order chi connectivity index (χ0) is 16.6. The summed E-state index contributed by atoms with van der Waals surface area (Å²) in [5.41, 5.74) is 0.759. The topological polar surface area (TPSA) is 73.6 Å². The third-order valence-electron chi connectivity index (χ3n) is 3.21. The number of fused-ring (bicyclic) bond motifs is 1. The van der Waals surface area contributed by atoms with Gasteiger partial charge in [0.05, 0.1) is 22.9 Å². The Balaban J connectivity index is 2.10. The Morgan fingerprint density at radius 2 is 1.96 bits per heavy atom. The van der Waals surface area contributed by atoms with Gasteiger partial charge in [-0.25, -0.2) is 8.42 Å². The molecule has 0 fully saturated rings. The van der Waals surface area contributed by atoms with Gasteiger partial charge in [-0.3, -0.25) is 4.40 Å². The molecule has 6 nitrogen and oxygen atoms in total. The van der Waals surface area contributed by atoms with Crippen molar-refractivity contribution in [3.05, 3.63) is 52.1 Å². The number of hydrogen-bond donors (Lipinski definition) is 0. The van der Waals surface area contributed by atoms with E-state index in [2.05, 4.69) is 10.2 Å². The van der Waals surface area contributed by atoms with Gasteiger partial charge in [0.1, 0.15) is 5.75 Å². The number of sulfone groups is 1. The Bertz CT molecular complexity index is 986. The van der Waals surface area contributed by atoms with Crippen LogP contribution in [-0.4, -0.2) is 30.1 Å². The lowest BCUT2D eigenvalue weighted by Crippen LogP contribution is -2.10. The van der Waals surface area contributed by atoms with E-state index >= 15 is 0 Å². The van der Waals surface area contributed by atoms with E-state index < -0.39 is 9.84 Å². The number of nitrogens with zero attached hydrogens (tertiary/aromatic N) is 3. The van der Waals surface area contributed by atoms with E-state index in [1.54, 1.807) is 24.3 Å². The molecule has 0 saturated carbocycles. The summed E-state index contributed by atoms with van der Waals surface area (Å²) in [4.78, 5) is 0. The highest BCUT2D eigenvalue weighted by atomic mass is 35.5. The summed E-state index contributed by atoms with van der Waals surface area (Å²) in [5, 5.41) is 7.88.